The molecule has 0 saturated carbocycles. The van der Waals surface area contributed by atoms with Gasteiger partial charge >= 0.3 is 0 Å². The van der Waals surface area contributed by atoms with Crippen LogP contribution in [-0.2, 0) is 0 Å². The molecule has 3 heterocycles. The van der Waals surface area contributed by atoms with E-state index in [1.807, 2.05) is 0 Å². The highest BCUT2D eigenvalue weighted by molar-refractivity contribution is 5.99. The summed E-state index contributed by atoms with van der Waals surface area (Å²) in [6.45, 7) is 1.39. The van der Waals surface area contributed by atoms with Crippen molar-refractivity contribution in [1.82, 2.24) is 40.2 Å². The number of para-hydroxylation sites is 1. The molecule has 3 N–H and O–H groups in total. The van der Waals surface area contributed by atoms with E-state index in [0.29, 0.717) is 40.1 Å². The van der Waals surface area contributed by atoms with Crippen molar-refractivity contribution in [2.75, 3.05) is 24.8 Å². The van der Waals surface area contributed by atoms with Crippen LogP contribution in [0.4, 0.5) is 23.0 Å². The molecule has 1 aromatic carbocycles. The van der Waals surface area contributed by atoms with Crippen molar-refractivity contribution in [3.8, 4) is 17.1 Å². The second kappa shape index (κ2) is 9.68. The highest BCUT2D eigenvalue weighted by Crippen LogP contribution is 2.37. The molecule has 13 nitrogen and oxygen atoms in total. The van der Waals surface area contributed by atoms with Gasteiger partial charge in [0.15, 0.2) is 23.1 Å². The molecule has 0 fully saturated rings. The average Bonchev–Trinajstić information content (AvgIpc) is 3.35. The first-order valence-electron chi connectivity index (χ1n) is 10.00. The summed E-state index contributed by atoms with van der Waals surface area (Å²) in [6, 6.07) is 6.89. The Kier molecular flexibility index (Phi) is 6.34. The third-order valence-corrected chi connectivity index (χ3v) is 4.60. The summed E-state index contributed by atoms with van der Waals surface area (Å²) >= 11 is 0. The van der Waals surface area contributed by atoms with E-state index < -0.39 is 5.91 Å². The highest BCUT2D eigenvalue weighted by atomic mass is 16.5. The molecular weight excluding hydrogens is 440 g/mol. The zero-order chi connectivity index (χ0) is 24.1. The van der Waals surface area contributed by atoms with Crippen molar-refractivity contribution in [3.05, 3.63) is 54.9 Å². The van der Waals surface area contributed by atoms with Gasteiger partial charge in [0.2, 0.25) is 5.91 Å². The standard InChI is InChI=1S/C21H20N10O3/c1-12(32)31-11-25-20(30-31)13-5-4-6-14(19(13)34-3)26-15-9-16(27-17-10-23-7-8-24-17)28-29-18(15)21(33)22-2/h4-11H,1-3H3,(H,22,33)(H2,24,26,27,28). The number of nitrogens with zero attached hydrogens (tertiary/aromatic N) is 7. The molecule has 0 saturated heterocycles. The Morgan fingerprint density at radius 3 is 2.56 bits per heavy atom. The van der Waals surface area contributed by atoms with Gasteiger partial charge in [0.05, 0.1) is 30.2 Å². The summed E-state index contributed by atoms with van der Waals surface area (Å²) in [5, 5.41) is 21.0. The fraction of sp³-hybridized carbons (Fsp3) is 0.143. The Hall–Kier alpha value is -4.94. The van der Waals surface area contributed by atoms with Crippen LogP contribution in [0.2, 0.25) is 0 Å². The molecule has 0 bridgehead atoms. The molecule has 34 heavy (non-hydrogen) atoms. The first kappa shape index (κ1) is 22.3. The van der Waals surface area contributed by atoms with Crippen molar-refractivity contribution in [1.29, 1.82) is 0 Å². The fourth-order valence-electron chi connectivity index (χ4n) is 3.04. The number of methoxy groups -OCH3 is 1. The summed E-state index contributed by atoms with van der Waals surface area (Å²) in [4.78, 5) is 36.4. The van der Waals surface area contributed by atoms with Crippen LogP contribution < -0.4 is 20.7 Å². The summed E-state index contributed by atoms with van der Waals surface area (Å²) < 4.78 is 6.75. The van der Waals surface area contributed by atoms with Gasteiger partial charge in [0.25, 0.3) is 5.91 Å². The summed E-state index contributed by atoms with van der Waals surface area (Å²) in [6.07, 6.45) is 5.94. The third-order valence-electron chi connectivity index (χ3n) is 4.60. The van der Waals surface area contributed by atoms with E-state index in [9.17, 15) is 9.59 Å². The minimum atomic E-state index is -0.432. The minimum absolute atomic E-state index is 0.0682. The SMILES string of the molecule is CNC(=O)c1nnc(Nc2cnccn2)cc1Nc1cccc(-c2ncn(C(C)=O)n2)c1OC. The molecule has 0 aliphatic carbocycles. The lowest BCUT2D eigenvalue weighted by atomic mass is 10.1. The Balaban J connectivity index is 1.73. The number of anilines is 4. The number of hydrogen-bond donors (Lipinski definition) is 3. The summed E-state index contributed by atoms with van der Waals surface area (Å²) in [5.41, 5.74) is 1.49. The first-order chi connectivity index (χ1) is 16.5. The highest BCUT2D eigenvalue weighted by Gasteiger charge is 2.19. The number of hydrogen-bond acceptors (Lipinski definition) is 11. The number of rotatable bonds is 7. The number of amides is 1. The van der Waals surface area contributed by atoms with Crippen LogP contribution in [0.1, 0.15) is 22.2 Å². The number of benzene rings is 1. The molecule has 0 spiro atoms. The number of carbonyl (C=O) groups excluding carboxylic acids is 2. The molecule has 0 radical (unpaired) electrons. The third kappa shape index (κ3) is 4.62. The zero-order valence-electron chi connectivity index (χ0n) is 18.5. The molecule has 4 rings (SSSR count). The lowest BCUT2D eigenvalue weighted by Crippen LogP contribution is -2.21. The van der Waals surface area contributed by atoms with Gasteiger partial charge in [-0.15, -0.1) is 15.3 Å². The van der Waals surface area contributed by atoms with Crippen LogP contribution in [0.3, 0.4) is 0 Å². The second-order valence-electron chi connectivity index (χ2n) is 6.83. The summed E-state index contributed by atoms with van der Waals surface area (Å²) in [7, 11) is 3.00. The number of nitrogens with one attached hydrogen (secondary N) is 3. The van der Waals surface area contributed by atoms with Crippen molar-refractivity contribution >= 4 is 34.8 Å². The largest absolute Gasteiger partial charge is 0.494 e. The molecule has 3 aromatic heterocycles. The van der Waals surface area contributed by atoms with Gasteiger partial charge in [0, 0.05) is 32.4 Å². The Morgan fingerprint density at radius 2 is 1.88 bits per heavy atom. The van der Waals surface area contributed by atoms with Crippen LogP contribution in [0.25, 0.3) is 11.4 Å². The number of ether oxygens (including phenoxy) is 1. The topological polar surface area (TPSA) is 162 Å². The fourth-order valence-corrected chi connectivity index (χ4v) is 3.04. The maximum atomic E-state index is 12.4. The number of carbonyl (C=O) groups is 2. The van der Waals surface area contributed by atoms with E-state index in [0.717, 1.165) is 4.68 Å². The summed E-state index contributed by atoms with van der Waals surface area (Å²) in [5.74, 6) is 0.813. The van der Waals surface area contributed by atoms with E-state index >= 15 is 0 Å². The molecule has 0 aliphatic rings. The van der Waals surface area contributed by atoms with Gasteiger partial charge in [-0.25, -0.2) is 9.97 Å². The Morgan fingerprint density at radius 1 is 1.03 bits per heavy atom. The predicted molar refractivity (Wildman–Crippen MR) is 122 cm³/mol. The zero-order valence-corrected chi connectivity index (χ0v) is 18.5. The Labute approximate surface area is 193 Å². The van der Waals surface area contributed by atoms with E-state index in [4.69, 9.17) is 4.74 Å². The van der Waals surface area contributed by atoms with Crippen LogP contribution in [0.5, 0.6) is 5.75 Å². The molecule has 13 heteroatoms. The van der Waals surface area contributed by atoms with E-state index in [-0.39, 0.29) is 11.6 Å². The maximum Gasteiger partial charge on any atom is 0.273 e. The molecule has 1 amide bonds. The van der Waals surface area contributed by atoms with Gasteiger partial charge in [-0.3, -0.25) is 14.6 Å². The molecular formula is C21H20N10O3. The molecule has 0 unspecified atom stereocenters. The van der Waals surface area contributed by atoms with Crippen molar-refractivity contribution in [2.45, 2.75) is 6.92 Å². The van der Waals surface area contributed by atoms with E-state index in [2.05, 4.69) is 46.2 Å². The first-order valence-corrected chi connectivity index (χ1v) is 10.00. The van der Waals surface area contributed by atoms with Gasteiger partial charge in [-0.1, -0.05) is 6.07 Å². The van der Waals surface area contributed by atoms with Crippen molar-refractivity contribution in [2.24, 2.45) is 0 Å². The van der Waals surface area contributed by atoms with Gasteiger partial charge < -0.3 is 20.7 Å². The quantitative estimate of drug-likeness (QED) is 0.370. The molecule has 172 valence electrons. The normalized spacial score (nSPS) is 10.4. The van der Waals surface area contributed by atoms with Crippen LogP contribution in [0, 0.1) is 0 Å². The monoisotopic (exact) mass is 460 g/mol. The van der Waals surface area contributed by atoms with Gasteiger partial charge in [-0.05, 0) is 12.1 Å². The predicted octanol–water partition coefficient (Wildman–Crippen LogP) is 2.04. The molecule has 4 aromatic rings. The average molecular weight is 460 g/mol. The Bertz CT molecular complexity index is 1340. The smallest absolute Gasteiger partial charge is 0.273 e. The minimum Gasteiger partial charge on any atom is -0.494 e. The van der Waals surface area contributed by atoms with Crippen LogP contribution in [0.15, 0.2) is 49.2 Å². The maximum absolute atomic E-state index is 12.4. The van der Waals surface area contributed by atoms with E-state index in [1.54, 1.807) is 30.5 Å². The van der Waals surface area contributed by atoms with Gasteiger partial charge in [0.1, 0.15) is 12.1 Å². The lowest BCUT2D eigenvalue weighted by molar-refractivity contribution is 0.0919. The molecule has 0 atom stereocenters. The van der Waals surface area contributed by atoms with Gasteiger partial charge in [-0.2, -0.15) is 4.68 Å². The second-order valence-corrected chi connectivity index (χ2v) is 6.83. The van der Waals surface area contributed by atoms with Crippen LogP contribution in [-0.4, -0.2) is 60.9 Å². The molecule has 0 aliphatic heterocycles. The van der Waals surface area contributed by atoms with Crippen LogP contribution >= 0.6 is 0 Å². The van der Waals surface area contributed by atoms with Crippen molar-refractivity contribution < 1.29 is 14.3 Å². The number of aromatic nitrogens is 7. The van der Waals surface area contributed by atoms with E-state index in [1.165, 1.54) is 39.8 Å². The van der Waals surface area contributed by atoms with Crippen molar-refractivity contribution in [3.63, 3.8) is 0 Å². The lowest BCUT2D eigenvalue weighted by Gasteiger charge is -2.16.